The van der Waals surface area contributed by atoms with E-state index in [9.17, 15) is 21.6 Å². The number of carbonyl (C=O) groups excluding carboxylic acids is 1. The maximum atomic E-state index is 12.8. The molecule has 11 heteroatoms. The molecule has 2 aromatic rings. The van der Waals surface area contributed by atoms with Crippen molar-refractivity contribution in [2.75, 3.05) is 45.6 Å². The number of sulfonamides is 2. The molecule has 0 saturated carbocycles. The Morgan fingerprint density at radius 3 is 2.12 bits per heavy atom. The van der Waals surface area contributed by atoms with E-state index >= 15 is 0 Å². The number of rotatable bonds is 7. The summed E-state index contributed by atoms with van der Waals surface area (Å²) in [7, 11) is -3.88. The van der Waals surface area contributed by atoms with Crippen molar-refractivity contribution in [2.24, 2.45) is 0 Å². The van der Waals surface area contributed by atoms with Crippen LogP contribution in [0.2, 0.25) is 0 Å². The topological polar surface area (TPSA) is 107 Å². The van der Waals surface area contributed by atoms with Gasteiger partial charge in [-0.05, 0) is 63.4 Å². The molecule has 3 rings (SSSR count). The lowest BCUT2D eigenvalue weighted by molar-refractivity contribution is 0.102. The number of nitrogens with zero attached hydrogens (tertiary/aromatic N) is 3. The van der Waals surface area contributed by atoms with Gasteiger partial charge in [-0.15, -0.1) is 0 Å². The van der Waals surface area contributed by atoms with Crippen molar-refractivity contribution in [3.63, 3.8) is 0 Å². The molecule has 1 fully saturated rings. The largest absolute Gasteiger partial charge is 0.322 e. The number of amides is 1. The number of carbonyl (C=O) groups is 1. The molecule has 0 aliphatic carbocycles. The first-order chi connectivity index (χ1) is 15.4. The van der Waals surface area contributed by atoms with Crippen molar-refractivity contribution in [3.8, 4) is 0 Å². The number of likely N-dealkylation sites (N-methyl/N-ethyl adjacent to an activating group) is 1. The van der Waals surface area contributed by atoms with Gasteiger partial charge in [0, 0.05) is 50.5 Å². The summed E-state index contributed by atoms with van der Waals surface area (Å²) in [5.41, 5.74) is 0.590. The third kappa shape index (κ3) is 5.61. The third-order valence-electron chi connectivity index (χ3n) is 5.71. The van der Waals surface area contributed by atoms with Crippen molar-refractivity contribution in [3.05, 3.63) is 54.1 Å². The molecular formula is C22H30N4O5S2. The molecule has 0 unspecified atom stereocenters. The Balaban J connectivity index is 1.74. The fourth-order valence-electron chi connectivity index (χ4n) is 3.33. The summed E-state index contributed by atoms with van der Waals surface area (Å²) >= 11 is 0. The quantitative estimate of drug-likeness (QED) is 0.630. The zero-order valence-corrected chi connectivity index (χ0v) is 20.9. The molecule has 9 nitrogen and oxygen atoms in total. The molecule has 0 radical (unpaired) electrons. The van der Waals surface area contributed by atoms with Crippen LogP contribution in [0.5, 0.6) is 0 Å². The zero-order chi connectivity index (χ0) is 24.4. The van der Waals surface area contributed by atoms with Gasteiger partial charge in [-0.2, -0.15) is 8.61 Å². The number of benzene rings is 2. The van der Waals surface area contributed by atoms with Crippen LogP contribution in [0, 0.1) is 0 Å². The lowest BCUT2D eigenvalue weighted by atomic mass is 10.2. The summed E-state index contributed by atoms with van der Waals surface area (Å²) in [6, 6.07) is 11.6. The van der Waals surface area contributed by atoms with E-state index in [0.717, 1.165) is 0 Å². The highest BCUT2D eigenvalue weighted by atomic mass is 32.2. The molecule has 1 N–H and O–H groups in total. The molecular weight excluding hydrogens is 464 g/mol. The van der Waals surface area contributed by atoms with Crippen molar-refractivity contribution < 1.29 is 21.6 Å². The second-order valence-electron chi connectivity index (χ2n) is 8.33. The van der Waals surface area contributed by atoms with E-state index in [1.54, 1.807) is 13.8 Å². The number of piperazine rings is 1. The molecule has 1 aliphatic rings. The van der Waals surface area contributed by atoms with E-state index in [1.807, 2.05) is 7.05 Å². The standard InChI is InChI=1S/C22H30N4O5S2/c1-17(2)25(4)32(28,29)21-7-5-6-18(16-21)22(27)23-19-8-10-20(11-9-19)33(30,31)26-14-12-24(3)13-15-26/h5-11,16-17H,12-15H2,1-4H3,(H,23,27). The molecule has 1 saturated heterocycles. The van der Waals surface area contributed by atoms with E-state index in [1.165, 1.54) is 64.2 Å². The van der Waals surface area contributed by atoms with Crippen LogP contribution in [-0.4, -0.2) is 82.6 Å². The Morgan fingerprint density at radius 1 is 0.939 bits per heavy atom. The summed E-state index contributed by atoms with van der Waals surface area (Å²) in [6.45, 7) is 5.75. The van der Waals surface area contributed by atoms with Gasteiger partial charge in [0.2, 0.25) is 20.0 Å². The highest BCUT2D eigenvalue weighted by molar-refractivity contribution is 7.89. The van der Waals surface area contributed by atoms with Crippen LogP contribution < -0.4 is 5.32 Å². The number of anilines is 1. The van der Waals surface area contributed by atoms with Gasteiger partial charge >= 0.3 is 0 Å². The summed E-state index contributed by atoms with van der Waals surface area (Å²) < 4.78 is 53.8. The molecule has 0 bridgehead atoms. The first-order valence-electron chi connectivity index (χ1n) is 10.6. The summed E-state index contributed by atoms with van der Waals surface area (Å²) in [6.07, 6.45) is 0. The van der Waals surface area contributed by atoms with Crippen LogP contribution in [-0.2, 0) is 20.0 Å². The lowest BCUT2D eigenvalue weighted by Crippen LogP contribution is -2.46. The maximum absolute atomic E-state index is 12.8. The molecule has 33 heavy (non-hydrogen) atoms. The van der Waals surface area contributed by atoms with E-state index in [4.69, 9.17) is 0 Å². The second-order valence-corrected chi connectivity index (χ2v) is 12.3. The molecule has 180 valence electrons. The van der Waals surface area contributed by atoms with Gasteiger partial charge < -0.3 is 10.2 Å². The zero-order valence-electron chi connectivity index (χ0n) is 19.2. The monoisotopic (exact) mass is 494 g/mol. The van der Waals surface area contributed by atoms with Gasteiger partial charge in [-0.3, -0.25) is 4.79 Å². The van der Waals surface area contributed by atoms with Gasteiger partial charge in [0.25, 0.3) is 5.91 Å². The van der Waals surface area contributed by atoms with Crippen molar-refractivity contribution in [2.45, 2.75) is 29.7 Å². The normalized spacial score (nSPS) is 16.3. The Morgan fingerprint density at radius 2 is 1.55 bits per heavy atom. The number of nitrogens with one attached hydrogen (secondary N) is 1. The highest BCUT2D eigenvalue weighted by Crippen LogP contribution is 2.21. The van der Waals surface area contributed by atoms with E-state index < -0.39 is 26.0 Å². The first kappa shape index (κ1) is 25.3. The van der Waals surface area contributed by atoms with Crippen LogP contribution in [0.15, 0.2) is 58.3 Å². The van der Waals surface area contributed by atoms with Crippen LogP contribution >= 0.6 is 0 Å². The fourth-order valence-corrected chi connectivity index (χ4v) is 6.17. The third-order valence-corrected chi connectivity index (χ3v) is 9.66. The first-order valence-corrected chi connectivity index (χ1v) is 13.5. The van der Waals surface area contributed by atoms with Crippen molar-refractivity contribution in [1.82, 2.24) is 13.5 Å². The van der Waals surface area contributed by atoms with Crippen molar-refractivity contribution in [1.29, 1.82) is 0 Å². The minimum atomic E-state index is -3.72. The number of hydrogen-bond acceptors (Lipinski definition) is 6. The summed E-state index contributed by atoms with van der Waals surface area (Å²) in [5, 5.41) is 2.69. The van der Waals surface area contributed by atoms with Crippen LogP contribution in [0.1, 0.15) is 24.2 Å². The van der Waals surface area contributed by atoms with Gasteiger partial charge in [0.1, 0.15) is 0 Å². The summed E-state index contributed by atoms with van der Waals surface area (Å²) in [4.78, 5) is 15.0. The summed E-state index contributed by atoms with van der Waals surface area (Å²) in [5.74, 6) is -0.492. The van der Waals surface area contributed by atoms with Gasteiger partial charge in [0.05, 0.1) is 9.79 Å². The van der Waals surface area contributed by atoms with Crippen LogP contribution in [0.4, 0.5) is 5.69 Å². The molecule has 1 aliphatic heterocycles. The van der Waals surface area contributed by atoms with Gasteiger partial charge in [0.15, 0.2) is 0 Å². The van der Waals surface area contributed by atoms with Gasteiger partial charge in [-0.25, -0.2) is 16.8 Å². The Kier molecular flexibility index (Phi) is 7.59. The van der Waals surface area contributed by atoms with E-state index in [0.29, 0.717) is 31.9 Å². The minimum Gasteiger partial charge on any atom is -0.322 e. The van der Waals surface area contributed by atoms with Gasteiger partial charge in [-0.1, -0.05) is 6.07 Å². The van der Waals surface area contributed by atoms with E-state index in [-0.39, 0.29) is 21.4 Å². The Bertz CT molecular complexity index is 1200. The molecule has 1 heterocycles. The van der Waals surface area contributed by atoms with Crippen molar-refractivity contribution >= 4 is 31.6 Å². The second kappa shape index (κ2) is 9.90. The number of hydrogen-bond donors (Lipinski definition) is 1. The maximum Gasteiger partial charge on any atom is 0.255 e. The Hall–Kier alpha value is -2.31. The van der Waals surface area contributed by atoms with E-state index in [2.05, 4.69) is 10.2 Å². The lowest BCUT2D eigenvalue weighted by Gasteiger charge is -2.31. The molecule has 0 spiro atoms. The van der Waals surface area contributed by atoms with Crippen LogP contribution in [0.3, 0.4) is 0 Å². The average molecular weight is 495 g/mol. The molecule has 0 aromatic heterocycles. The predicted molar refractivity (Wildman–Crippen MR) is 127 cm³/mol. The molecule has 2 aromatic carbocycles. The highest BCUT2D eigenvalue weighted by Gasteiger charge is 2.27. The smallest absolute Gasteiger partial charge is 0.255 e. The molecule has 0 atom stereocenters. The molecule has 1 amide bonds. The fraction of sp³-hybridized carbons (Fsp3) is 0.409. The van der Waals surface area contributed by atoms with Crippen LogP contribution in [0.25, 0.3) is 0 Å². The average Bonchev–Trinajstić information content (AvgIpc) is 2.79. The SMILES string of the molecule is CC(C)N(C)S(=O)(=O)c1cccc(C(=O)Nc2ccc(S(=O)(=O)N3CCN(C)CC3)cc2)c1. The predicted octanol–water partition coefficient (Wildman–Crippen LogP) is 1.90. The Labute approximate surface area is 196 Å². The minimum absolute atomic E-state index is 0.0277.